The van der Waals surface area contributed by atoms with Crippen molar-refractivity contribution in [2.75, 3.05) is 13.2 Å². The first kappa shape index (κ1) is 42.4. The Hall–Kier alpha value is -0.770. The van der Waals surface area contributed by atoms with Crippen LogP contribution in [-0.4, -0.2) is 19.2 Å². The Balaban J connectivity index is 0. The van der Waals surface area contributed by atoms with Crippen LogP contribution in [0.15, 0.2) is 0 Å². The summed E-state index contributed by atoms with van der Waals surface area (Å²) in [7, 11) is 0. The first-order chi connectivity index (χ1) is 19.8. The van der Waals surface area contributed by atoms with Crippen molar-refractivity contribution in [3.05, 3.63) is 0 Å². The number of amides is 1. The maximum Gasteiger partial charge on any atom is 0.407 e. The lowest BCUT2D eigenvalue weighted by molar-refractivity contribution is 0.143. The fraction of sp³-hybridized carbons (Fsp3) is 0.973. The van der Waals surface area contributed by atoms with Crippen molar-refractivity contribution < 1.29 is 9.53 Å². The molecule has 0 rings (SSSR count). The predicted octanol–water partition coefficient (Wildman–Crippen LogP) is 13.4. The van der Waals surface area contributed by atoms with Crippen LogP contribution in [0.2, 0.25) is 0 Å². The SMILES string of the molecule is CCCCCCCCCCCCCCCCCCNC(=O)OCCCCCCCCCCCCCCCCCC.N. The van der Waals surface area contributed by atoms with E-state index in [1.54, 1.807) is 0 Å². The number of rotatable bonds is 34. The van der Waals surface area contributed by atoms with E-state index >= 15 is 0 Å². The molecule has 0 atom stereocenters. The van der Waals surface area contributed by atoms with Crippen LogP contribution in [0.25, 0.3) is 0 Å². The fourth-order valence-corrected chi connectivity index (χ4v) is 5.73. The van der Waals surface area contributed by atoms with Crippen LogP contribution < -0.4 is 11.5 Å². The van der Waals surface area contributed by atoms with Gasteiger partial charge in [-0.15, -0.1) is 0 Å². The average molecular weight is 583 g/mol. The number of hydrogen-bond acceptors (Lipinski definition) is 3. The molecule has 4 N–H and O–H groups in total. The molecule has 0 aromatic rings. The maximum absolute atomic E-state index is 11.8. The van der Waals surface area contributed by atoms with Crippen molar-refractivity contribution in [3.8, 4) is 0 Å². The quantitative estimate of drug-likeness (QED) is 0.0741. The molecule has 0 bridgehead atoms. The standard InChI is InChI=1S/C37H75NO2.H3N/c1-3-5-7-9-11-13-15-17-19-21-23-25-27-29-31-33-35-38-37(39)40-36-34-32-30-28-26-24-22-20-18-16-14-12-10-8-6-4-2;/h3-36H2,1-2H3,(H,38,39);1H3. The smallest absolute Gasteiger partial charge is 0.407 e. The highest BCUT2D eigenvalue weighted by atomic mass is 16.5. The minimum atomic E-state index is -0.220. The van der Waals surface area contributed by atoms with Crippen LogP contribution in [0, 0.1) is 0 Å². The molecule has 0 unspecified atom stereocenters. The van der Waals surface area contributed by atoms with Crippen LogP contribution in [0.1, 0.15) is 219 Å². The summed E-state index contributed by atoms with van der Waals surface area (Å²) < 4.78 is 5.34. The van der Waals surface area contributed by atoms with Gasteiger partial charge in [0.2, 0.25) is 0 Å². The van der Waals surface area contributed by atoms with E-state index in [-0.39, 0.29) is 12.2 Å². The van der Waals surface area contributed by atoms with E-state index < -0.39 is 0 Å². The topological polar surface area (TPSA) is 73.3 Å². The summed E-state index contributed by atoms with van der Waals surface area (Å²) >= 11 is 0. The molecule has 0 saturated carbocycles. The molecule has 0 aromatic heterocycles. The number of alkyl carbamates (subject to hydrolysis) is 1. The van der Waals surface area contributed by atoms with Crippen molar-refractivity contribution >= 4 is 6.09 Å². The Morgan fingerprint density at radius 2 is 0.634 bits per heavy atom. The Bertz CT molecular complexity index is 432. The molecule has 0 heterocycles. The molecule has 0 saturated heterocycles. The Morgan fingerprint density at radius 3 is 0.927 bits per heavy atom. The van der Waals surface area contributed by atoms with Crippen molar-refractivity contribution in [1.82, 2.24) is 11.5 Å². The molecule has 4 nitrogen and oxygen atoms in total. The lowest BCUT2D eigenvalue weighted by Crippen LogP contribution is -2.25. The van der Waals surface area contributed by atoms with E-state index in [9.17, 15) is 4.79 Å². The summed E-state index contributed by atoms with van der Waals surface area (Å²) in [6.07, 6.45) is 43.7. The molecule has 0 radical (unpaired) electrons. The van der Waals surface area contributed by atoms with E-state index in [1.165, 1.54) is 193 Å². The summed E-state index contributed by atoms with van der Waals surface area (Å²) in [5.74, 6) is 0. The lowest BCUT2D eigenvalue weighted by Gasteiger charge is -2.07. The van der Waals surface area contributed by atoms with Gasteiger partial charge in [0.25, 0.3) is 0 Å². The summed E-state index contributed by atoms with van der Waals surface area (Å²) in [6, 6.07) is 0. The van der Waals surface area contributed by atoms with Crippen molar-refractivity contribution in [2.24, 2.45) is 0 Å². The number of hydrogen-bond donors (Lipinski definition) is 2. The van der Waals surface area contributed by atoms with Crippen LogP contribution >= 0.6 is 0 Å². The number of ether oxygens (including phenoxy) is 1. The molecule has 248 valence electrons. The summed E-state index contributed by atoms with van der Waals surface area (Å²) in [5, 5.41) is 2.93. The number of nitrogens with one attached hydrogen (secondary N) is 1. The van der Waals surface area contributed by atoms with Gasteiger partial charge in [-0.05, 0) is 12.8 Å². The monoisotopic (exact) mass is 583 g/mol. The molecule has 0 aliphatic rings. The van der Waals surface area contributed by atoms with Gasteiger partial charge in [0, 0.05) is 6.54 Å². The second-order valence-corrected chi connectivity index (χ2v) is 12.7. The molecule has 4 heteroatoms. The summed E-state index contributed by atoms with van der Waals surface area (Å²) in [5.41, 5.74) is 0. The van der Waals surface area contributed by atoms with Gasteiger partial charge in [0.15, 0.2) is 0 Å². The van der Waals surface area contributed by atoms with Gasteiger partial charge in [-0.25, -0.2) is 4.79 Å². The Kier molecular flexibility index (Phi) is 40.5. The zero-order valence-electron chi connectivity index (χ0n) is 28.6. The third-order valence-corrected chi connectivity index (χ3v) is 8.53. The molecule has 0 aromatic carbocycles. The van der Waals surface area contributed by atoms with Crippen molar-refractivity contribution in [2.45, 2.75) is 219 Å². The number of carbonyl (C=O) groups excluding carboxylic acids is 1. The first-order valence-electron chi connectivity index (χ1n) is 18.7. The van der Waals surface area contributed by atoms with Crippen molar-refractivity contribution in [3.63, 3.8) is 0 Å². The van der Waals surface area contributed by atoms with Gasteiger partial charge >= 0.3 is 6.09 Å². The van der Waals surface area contributed by atoms with E-state index in [0.29, 0.717) is 6.61 Å². The molecule has 41 heavy (non-hydrogen) atoms. The predicted molar refractivity (Wildman–Crippen MR) is 183 cm³/mol. The zero-order chi connectivity index (χ0) is 29.0. The average Bonchev–Trinajstić information content (AvgIpc) is 2.96. The van der Waals surface area contributed by atoms with Gasteiger partial charge in [0.1, 0.15) is 0 Å². The highest BCUT2D eigenvalue weighted by Crippen LogP contribution is 2.15. The molecular formula is C37H78N2O2. The molecule has 0 spiro atoms. The fourth-order valence-electron chi connectivity index (χ4n) is 5.73. The third-order valence-electron chi connectivity index (χ3n) is 8.53. The van der Waals surface area contributed by atoms with Crippen LogP contribution in [-0.2, 0) is 4.74 Å². The van der Waals surface area contributed by atoms with Gasteiger partial charge in [-0.3, -0.25) is 0 Å². The second-order valence-electron chi connectivity index (χ2n) is 12.7. The Morgan fingerprint density at radius 1 is 0.390 bits per heavy atom. The van der Waals surface area contributed by atoms with Gasteiger partial charge in [-0.2, -0.15) is 0 Å². The molecule has 1 amide bonds. The van der Waals surface area contributed by atoms with E-state index in [2.05, 4.69) is 19.2 Å². The highest BCUT2D eigenvalue weighted by Gasteiger charge is 2.01. The summed E-state index contributed by atoms with van der Waals surface area (Å²) in [6.45, 7) is 5.91. The minimum absolute atomic E-state index is 0. The van der Waals surface area contributed by atoms with Crippen molar-refractivity contribution in [1.29, 1.82) is 0 Å². The minimum Gasteiger partial charge on any atom is -0.450 e. The number of carbonyl (C=O) groups is 1. The summed E-state index contributed by atoms with van der Waals surface area (Å²) in [4.78, 5) is 11.8. The second kappa shape index (κ2) is 39.2. The maximum atomic E-state index is 11.8. The van der Waals surface area contributed by atoms with E-state index in [0.717, 1.165) is 19.4 Å². The number of unbranched alkanes of at least 4 members (excludes halogenated alkanes) is 30. The van der Waals surface area contributed by atoms with Crippen LogP contribution in [0.4, 0.5) is 4.79 Å². The van der Waals surface area contributed by atoms with E-state index in [1.807, 2.05) is 0 Å². The van der Waals surface area contributed by atoms with Gasteiger partial charge < -0.3 is 16.2 Å². The first-order valence-corrected chi connectivity index (χ1v) is 18.7. The third kappa shape index (κ3) is 39.2. The highest BCUT2D eigenvalue weighted by molar-refractivity contribution is 5.66. The normalized spacial score (nSPS) is 11.0. The van der Waals surface area contributed by atoms with E-state index in [4.69, 9.17) is 4.74 Å². The largest absolute Gasteiger partial charge is 0.450 e. The molecule has 0 fully saturated rings. The lowest BCUT2D eigenvalue weighted by atomic mass is 10.0. The molecule has 0 aliphatic heterocycles. The molecular weight excluding hydrogens is 504 g/mol. The zero-order valence-corrected chi connectivity index (χ0v) is 28.6. The van der Waals surface area contributed by atoms with Crippen LogP contribution in [0.5, 0.6) is 0 Å². The Labute approximate surface area is 259 Å². The molecule has 0 aliphatic carbocycles. The van der Waals surface area contributed by atoms with Gasteiger partial charge in [0.05, 0.1) is 6.61 Å². The van der Waals surface area contributed by atoms with Crippen LogP contribution in [0.3, 0.4) is 0 Å². The van der Waals surface area contributed by atoms with Gasteiger partial charge in [-0.1, -0.05) is 206 Å².